The van der Waals surface area contributed by atoms with Gasteiger partial charge in [0.2, 0.25) is 0 Å². The second-order valence-corrected chi connectivity index (χ2v) is 15.2. The van der Waals surface area contributed by atoms with Gasteiger partial charge in [0.25, 0.3) is 0 Å². The molecule has 0 saturated carbocycles. The predicted octanol–water partition coefficient (Wildman–Crippen LogP) is 14.6. The summed E-state index contributed by atoms with van der Waals surface area (Å²) < 4.78 is 11.4. The van der Waals surface area contributed by atoms with Gasteiger partial charge in [-0.1, -0.05) is 78.9 Å². The maximum absolute atomic E-state index is 6.22. The summed E-state index contributed by atoms with van der Waals surface area (Å²) in [5, 5.41) is 11.5. The van der Waals surface area contributed by atoms with E-state index < -0.39 is 0 Å². The zero-order valence-corrected chi connectivity index (χ0v) is 28.4. The largest absolute Gasteiger partial charge is 0.456 e. The van der Waals surface area contributed by atoms with Gasteiger partial charge in [-0.25, -0.2) is 0 Å². The van der Waals surface area contributed by atoms with Gasteiger partial charge in [0, 0.05) is 68.4 Å². The topological polar surface area (TPSA) is 16.4 Å². The predicted molar refractivity (Wildman–Crippen MR) is 217 cm³/mol. The van der Waals surface area contributed by atoms with Gasteiger partial charge in [0.1, 0.15) is 11.3 Å². The first-order valence-corrected chi connectivity index (χ1v) is 18.4. The molecule has 50 heavy (non-hydrogen) atoms. The number of para-hydroxylation sites is 1. The van der Waals surface area contributed by atoms with Crippen molar-refractivity contribution in [2.75, 3.05) is 4.90 Å². The van der Waals surface area contributed by atoms with E-state index in [4.69, 9.17) is 4.42 Å². The third-order valence-electron chi connectivity index (χ3n) is 10.00. The highest BCUT2D eigenvalue weighted by molar-refractivity contribution is 7.26. The van der Waals surface area contributed by atoms with Crippen LogP contribution >= 0.6 is 22.7 Å². The fraction of sp³-hybridized carbons (Fsp3) is 0. The molecule has 3 heterocycles. The molecule has 0 spiro atoms. The van der Waals surface area contributed by atoms with Gasteiger partial charge in [-0.05, 0) is 106 Å². The Kier molecular flexibility index (Phi) is 6.03. The van der Waals surface area contributed by atoms with Crippen molar-refractivity contribution in [1.82, 2.24) is 0 Å². The van der Waals surface area contributed by atoms with Crippen LogP contribution < -0.4 is 4.90 Å². The van der Waals surface area contributed by atoms with E-state index in [0.717, 1.165) is 39.4 Å². The Bertz CT molecular complexity index is 2920. The maximum Gasteiger partial charge on any atom is 0.135 e. The molecule has 0 radical (unpaired) electrons. The molecule has 0 bridgehead atoms. The van der Waals surface area contributed by atoms with Crippen LogP contribution in [0.3, 0.4) is 0 Å². The summed E-state index contributed by atoms with van der Waals surface area (Å²) in [6.07, 6.45) is 0. The third kappa shape index (κ3) is 4.39. The summed E-state index contributed by atoms with van der Waals surface area (Å²) in [5.41, 5.74) is 5.33. The Labute approximate surface area is 295 Å². The lowest BCUT2D eigenvalue weighted by atomic mass is 10.0. The van der Waals surface area contributed by atoms with E-state index in [9.17, 15) is 0 Å². The number of nitrogens with zero attached hydrogens (tertiary/aromatic N) is 1. The van der Waals surface area contributed by atoms with Crippen LogP contribution in [0.1, 0.15) is 0 Å². The van der Waals surface area contributed by atoms with Crippen molar-refractivity contribution in [3.63, 3.8) is 0 Å². The van der Waals surface area contributed by atoms with E-state index in [1.54, 1.807) is 0 Å². The quantitative estimate of drug-likeness (QED) is 0.185. The first kappa shape index (κ1) is 28.0. The number of benzene rings is 8. The Morgan fingerprint density at radius 1 is 0.360 bits per heavy atom. The van der Waals surface area contributed by atoms with Crippen LogP contribution in [0, 0.1) is 0 Å². The molecule has 234 valence electrons. The maximum atomic E-state index is 6.22. The van der Waals surface area contributed by atoms with Gasteiger partial charge in [0.15, 0.2) is 0 Å². The second kappa shape index (κ2) is 10.8. The van der Waals surface area contributed by atoms with Crippen molar-refractivity contribution in [3.05, 3.63) is 164 Å². The second-order valence-electron chi connectivity index (χ2n) is 13.0. The Morgan fingerprint density at radius 3 is 1.36 bits per heavy atom. The van der Waals surface area contributed by atoms with Crippen molar-refractivity contribution in [2.24, 2.45) is 0 Å². The summed E-state index contributed by atoms with van der Waals surface area (Å²) in [6.45, 7) is 0. The number of hydrogen-bond donors (Lipinski definition) is 0. The van der Waals surface area contributed by atoms with Gasteiger partial charge in [-0.3, -0.25) is 0 Å². The van der Waals surface area contributed by atoms with E-state index in [2.05, 4.69) is 150 Å². The van der Waals surface area contributed by atoms with Crippen LogP contribution in [-0.4, -0.2) is 0 Å². The van der Waals surface area contributed by atoms with Gasteiger partial charge in [-0.2, -0.15) is 0 Å². The standard InChI is InChI=1S/C46H27NOS2/c1-3-9-31-24-43-39(21-29(31)7-1)37-19-17-35(26-45(37)49-43)47(34-15-13-28(14-16-34)42-23-33-11-5-6-12-41(33)48-42)36-18-20-38-40-22-30-8-2-4-10-32(30)25-44(40)50-46(38)27-36/h1-27H. The molecule has 0 aliphatic heterocycles. The molecule has 0 N–H and O–H groups in total. The van der Waals surface area contributed by atoms with Crippen LogP contribution in [0.5, 0.6) is 0 Å². The minimum absolute atomic E-state index is 0.877. The van der Waals surface area contributed by atoms with E-state index in [-0.39, 0.29) is 0 Å². The Hall–Kier alpha value is -5.94. The molecule has 0 aliphatic rings. The summed E-state index contributed by atoms with van der Waals surface area (Å²) in [7, 11) is 0. The first-order valence-electron chi connectivity index (χ1n) is 16.8. The SMILES string of the molecule is c1ccc2cc3c(cc2c1)sc1cc(N(c2ccc(-c4cc5ccccc5o4)cc2)c2ccc4c(c2)sc2cc5ccccc5cc24)ccc13. The van der Waals surface area contributed by atoms with Crippen LogP contribution in [0.2, 0.25) is 0 Å². The summed E-state index contributed by atoms with van der Waals surface area (Å²) >= 11 is 3.74. The lowest BCUT2D eigenvalue weighted by molar-refractivity contribution is 0.631. The number of fused-ring (bicyclic) bond motifs is 9. The lowest BCUT2D eigenvalue weighted by Gasteiger charge is -2.26. The van der Waals surface area contributed by atoms with Crippen molar-refractivity contribution >= 4 is 113 Å². The van der Waals surface area contributed by atoms with Crippen LogP contribution in [-0.2, 0) is 0 Å². The first-order chi connectivity index (χ1) is 24.7. The Balaban J connectivity index is 1.08. The zero-order valence-electron chi connectivity index (χ0n) is 26.8. The number of hydrogen-bond acceptors (Lipinski definition) is 4. The van der Waals surface area contributed by atoms with E-state index in [0.29, 0.717) is 0 Å². The van der Waals surface area contributed by atoms with E-state index in [1.165, 1.54) is 61.9 Å². The Morgan fingerprint density at radius 2 is 0.820 bits per heavy atom. The highest BCUT2D eigenvalue weighted by atomic mass is 32.1. The van der Waals surface area contributed by atoms with Gasteiger partial charge in [-0.15, -0.1) is 22.7 Å². The fourth-order valence-corrected chi connectivity index (χ4v) is 9.86. The van der Waals surface area contributed by atoms with E-state index >= 15 is 0 Å². The third-order valence-corrected chi connectivity index (χ3v) is 12.2. The van der Waals surface area contributed by atoms with Crippen molar-refractivity contribution in [1.29, 1.82) is 0 Å². The molecule has 11 aromatic rings. The highest BCUT2D eigenvalue weighted by Gasteiger charge is 2.18. The molecular weight excluding hydrogens is 647 g/mol. The molecule has 3 aromatic heterocycles. The van der Waals surface area contributed by atoms with Crippen LogP contribution in [0.4, 0.5) is 17.1 Å². The molecule has 0 fully saturated rings. The highest BCUT2D eigenvalue weighted by Crippen LogP contribution is 2.44. The molecule has 0 aliphatic carbocycles. The van der Waals surface area contributed by atoms with Gasteiger partial charge in [0.05, 0.1) is 0 Å². The van der Waals surface area contributed by atoms with Crippen molar-refractivity contribution in [2.45, 2.75) is 0 Å². The molecule has 11 rings (SSSR count). The number of rotatable bonds is 4. The fourth-order valence-electron chi connectivity index (χ4n) is 7.53. The summed E-state index contributed by atoms with van der Waals surface area (Å²) in [4.78, 5) is 2.39. The smallest absolute Gasteiger partial charge is 0.135 e. The van der Waals surface area contributed by atoms with Crippen molar-refractivity contribution in [3.8, 4) is 11.3 Å². The number of anilines is 3. The minimum atomic E-state index is 0.877. The molecule has 0 saturated heterocycles. The summed E-state index contributed by atoms with van der Waals surface area (Å²) in [6, 6.07) is 59.6. The molecule has 4 heteroatoms. The average Bonchev–Trinajstić information content (AvgIpc) is 3.85. The lowest BCUT2D eigenvalue weighted by Crippen LogP contribution is -2.09. The number of furan rings is 1. The van der Waals surface area contributed by atoms with Crippen LogP contribution in [0.15, 0.2) is 168 Å². The van der Waals surface area contributed by atoms with Gasteiger partial charge < -0.3 is 9.32 Å². The minimum Gasteiger partial charge on any atom is -0.456 e. The molecule has 2 nitrogen and oxygen atoms in total. The monoisotopic (exact) mass is 673 g/mol. The molecular formula is C46H27NOS2. The molecule has 8 aromatic carbocycles. The zero-order chi connectivity index (χ0) is 32.8. The molecule has 0 amide bonds. The molecule has 0 unspecified atom stereocenters. The van der Waals surface area contributed by atoms with E-state index in [1.807, 2.05) is 40.9 Å². The average molecular weight is 674 g/mol. The van der Waals surface area contributed by atoms with Gasteiger partial charge >= 0.3 is 0 Å². The van der Waals surface area contributed by atoms with Crippen LogP contribution in [0.25, 0.3) is 84.2 Å². The molecule has 0 atom stereocenters. The number of thiophene rings is 2. The van der Waals surface area contributed by atoms with Crippen molar-refractivity contribution < 1.29 is 4.42 Å². The summed E-state index contributed by atoms with van der Waals surface area (Å²) in [5.74, 6) is 0.877. The normalized spacial score (nSPS) is 12.0.